The summed E-state index contributed by atoms with van der Waals surface area (Å²) < 4.78 is 10.4. The molecule has 1 unspecified atom stereocenters. The molecular formula is C12H21N5O2. The molecule has 2 N–H and O–H groups in total. The van der Waals surface area contributed by atoms with Crippen LogP contribution in [0.2, 0.25) is 0 Å². The molecule has 0 saturated carbocycles. The summed E-state index contributed by atoms with van der Waals surface area (Å²) in [5.74, 6) is 2.68. The Labute approximate surface area is 112 Å². The molecule has 0 spiro atoms. The highest BCUT2D eigenvalue weighted by Crippen LogP contribution is 2.10. The molecule has 0 amide bonds. The van der Waals surface area contributed by atoms with Crippen molar-refractivity contribution in [2.75, 3.05) is 33.4 Å². The van der Waals surface area contributed by atoms with Crippen molar-refractivity contribution in [2.24, 2.45) is 10.9 Å². The van der Waals surface area contributed by atoms with Gasteiger partial charge in [0.2, 0.25) is 5.89 Å². The van der Waals surface area contributed by atoms with Crippen LogP contribution in [-0.4, -0.2) is 49.5 Å². The number of nitrogens with zero attached hydrogens (tertiary/aromatic N) is 3. The molecule has 1 aromatic heterocycles. The van der Waals surface area contributed by atoms with E-state index in [1.807, 2.05) is 6.92 Å². The van der Waals surface area contributed by atoms with Gasteiger partial charge >= 0.3 is 0 Å². The summed E-state index contributed by atoms with van der Waals surface area (Å²) >= 11 is 0. The van der Waals surface area contributed by atoms with Gasteiger partial charge in [-0.15, -0.1) is 0 Å². The highest BCUT2D eigenvalue weighted by atomic mass is 16.5. The maximum absolute atomic E-state index is 5.34. The second kappa shape index (κ2) is 7.08. The fourth-order valence-corrected chi connectivity index (χ4v) is 1.94. The Hall–Kier alpha value is -1.63. The van der Waals surface area contributed by atoms with Gasteiger partial charge in [0.15, 0.2) is 11.8 Å². The topological polar surface area (TPSA) is 84.6 Å². The summed E-state index contributed by atoms with van der Waals surface area (Å²) in [6.07, 6.45) is 1.80. The largest absolute Gasteiger partial charge is 0.381 e. The number of hydrogen-bond donors (Lipinski definition) is 2. The molecule has 0 aliphatic carbocycles. The lowest BCUT2D eigenvalue weighted by Gasteiger charge is -2.13. The van der Waals surface area contributed by atoms with E-state index in [0.29, 0.717) is 30.6 Å². The van der Waals surface area contributed by atoms with Crippen LogP contribution in [0.4, 0.5) is 0 Å². The van der Waals surface area contributed by atoms with E-state index in [9.17, 15) is 0 Å². The number of aromatic nitrogens is 2. The van der Waals surface area contributed by atoms with Gasteiger partial charge in [0.1, 0.15) is 0 Å². The van der Waals surface area contributed by atoms with E-state index in [2.05, 4.69) is 25.8 Å². The number of guanidine groups is 1. The summed E-state index contributed by atoms with van der Waals surface area (Å²) in [7, 11) is 1.76. The van der Waals surface area contributed by atoms with Crippen molar-refractivity contribution in [3.05, 3.63) is 11.7 Å². The zero-order valence-electron chi connectivity index (χ0n) is 11.5. The van der Waals surface area contributed by atoms with E-state index >= 15 is 0 Å². The highest BCUT2D eigenvalue weighted by molar-refractivity contribution is 5.79. The number of aliphatic imine (C=N–C) groups is 1. The normalized spacial score (nSPS) is 19.7. The molecule has 2 heterocycles. The quantitative estimate of drug-likeness (QED) is 0.582. The van der Waals surface area contributed by atoms with Gasteiger partial charge < -0.3 is 19.9 Å². The summed E-state index contributed by atoms with van der Waals surface area (Å²) in [5.41, 5.74) is 0. The van der Waals surface area contributed by atoms with E-state index in [1.54, 1.807) is 7.05 Å². The molecule has 1 aromatic rings. The Morgan fingerprint density at radius 2 is 2.37 bits per heavy atom. The Balaban J connectivity index is 1.64. The molecular weight excluding hydrogens is 246 g/mol. The lowest BCUT2D eigenvalue weighted by Crippen LogP contribution is -2.40. The third kappa shape index (κ3) is 4.51. The maximum Gasteiger partial charge on any atom is 0.228 e. The van der Waals surface area contributed by atoms with Crippen LogP contribution in [0.25, 0.3) is 0 Å². The zero-order valence-corrected chi connectivity index (χ0v) is 11.5. The molecule has 1 aliphatic rings. The number of rotatable bonds is 5. The standard InChI is InChI=1S/C12H21N5O2/c1-9-16-11(19-17-9)3-5-14-12(13-2)15-7-10-4-6-18-8-10/h10H,3-8H2,1-2H3,(H2,13,14,15). The smallest absolute Gasteiger partial charge is 0.228 e. The second-order valence-corrected chi connectivity index (χ2v) is 4.59. The van der Waals surface area contributed by atoms with Gasteiger partial charge in [-0.1, -0.05) is 5.16 Å². The lowest BCUT2D eigenvalue weighted by atomic mass is 10.1. The second-order valence-electron chi connectivity index (χ2n) is 4.59. The Morgan fingerprint density at radius 1 is 1.47 bits per heavy atom. The van der Waals surface area contributed by atoms with E-state index < -0.39 is 0 Å². The maximum atomic E-state index is 5.34. The average molecular weight is 267 g/mol. The summed E-state index contributed by atoms with van der Waals surface area (Å²) in [6, 6.07) is 0. The van der Waals surface area contributed by atoms with Gasteiger partial charge in [-0.3, -0.25) is 4.99 Å². The molecule has 106 valence electrons. The average Bonchev–Trinajstić information content (AvgIpc) is 3.05. The minimum atomic E-state index is 0.581. The van der Waals surface area contributed by atoms with Crippen LogP contribution in [-0.2, 0) is 11.2 Å². The first kappa shape index (κ1) is 13.8. The van der Waals surface area contributed by atoms with Gasteiger partial charge in [-0.05, 0) is 13.3 Å². The monoisotopic (exact) mass is 267 g/mol. The van der Waals surface area contributed by atoms with Crippen molar-refractivity contribution in [3.8, 4) is 0 Å². The number of nitrogens with one attached hydrogen (secondary N) is 2. The first-order valence-corrected chi connectivity index (χ1v) is 6.59. The Bertz CT molecular complexity index is 412. The number of aryl methyl sites for hydroxylation is 1. The minimum Gasteiger partial charge on any atom is -0.381 e. The van der Waals surface area contributed by atoms with Crippen molar-refractivity contribution in [3.63, 3.8) is 0 Å². The zero-order chi connectivity index (χ0) is 13.5. The van der Waals surface area contributed by atoms with Crippen molar-refractivity contribution in [1.29, 1.82) is 0 Å². The van der Waals surface area contributed by atoms with Crippen LogP contribution in [0, 0.1) is 12.8 Å². The fraction of sp³-hybridized carbons (Fsp3) is 0.750. The van der Waals surface area contributed by atoms with E-state index in [1.165, 1.54) is 0 Å². The van der Waals surface area contributed by atoms with Crippen LogP contribution >= 0.6 is 0 Å². The van der Waals surface area contributed by atoms with Crippen molar-refractivity contribution >= 4 is 5.96 Å². The molecule has 1 atom stereocenters. The van der Waals surface area contributed by atoms with Gasteiger partial charge in [0, 0.05) is 39.1 Å². The summed E-state index contributed by atoms with van der Waals surface area (Å²) in [5, 5.41) is 10.3. The molecule has 1 saturated heterocycles. The first-order valence-electron chi connectivity index (χ1n) is 6.59. The van der Waals surface area contributed by atoms with Gasteiger partial charge in [0.25, 0.3) is 0 Å². The SMILES string of the molecule is CN=C(NCCc1nc(C)no1)NCC1CCOC1. The van der Waals surface area contributed by atoms with Gasteiger partial charge in [-0.2, -0.15) is 4.98 Å². The predicted molar refractivity (Wildman–Crippen MR) is 71.0 cm³/mol. The van der Waals surface area contributed by atoms with Crippen LogP contribution in [0.3, 0.4) is 0 Å². The Kier molecular flexibility index (Phi) is 5.14. The molecule has 0 bridgehead atoms. The molecule has 1 fully saturated rings. The molecule has 0 aromatic carbocycles. The third-order valence-corrected chi connectivity index (χ3v) is 3.01. The summed E-state index contributed by atoms with van der Waals surface area (Å²) in [6.45, 7) is 5.12. The van der Waals surface area contributed by atoms with Crippen molar-refractivity contribution < 1.29 is 9.26 Å². The minimum absolute atomic E-state index is 0.581. The van der Waals surface area contributed by atoms with Gasteiger partial charge in [-0.25, -0.2) is 0 Å². The molecule has 7 nitrogen and oxygen atoms in total. The molecule has 1 aliphatic heterocycles. The molecule has 7 heteroatoms. The Morgan fingerprint density at radius 3 is 3.00 bits per heavy atom. The number of ether oxygens (including phenoxy) is 1. The van der Waals surface area contributed by atoms with E-state index in [0.717, 1.165) is 32.1 Å². The van der Waals surface area contributed by atoms with Gasteiger partial charge in [0.05, 0.1) is 6.61 Å². The molecule has 2 rings (SSSR count). The van der Waals surface area contributed by atoms with Crippen LogP contribution < -0.4 is 10.6 Å². The summed E-state index contributed by atoms with van der Waals surface area (Å²) in [4.78, 5) is 8.32. The molecule has 0 radical (unpaired) electrons. The van der Waals surface area contributed by atoms with Crippen LogP contribution in [0.5, 0.6) is 0 Å². The molecule has 19 heavy (non-hydrogen) atoms. The van der Waals surface area contributed by atoms with Crippen LogP contribution in [0.1, 0.15) is 18.1 Å². The fourth-order valence-electron chi connectivity index (χ4n) is 1.94. The predicted octanol–water partition coefficient (Wildman–Crippen LogP) is 0.122. The lowest BCUT2D eigenvalue weighted by molar-refractivity contribution is 0.186. The van der Waals surface area contributed by atoms with Crippen molar-refractivity contribution in [1.82, 2.24) is 20.8 Å². The van der Waals surface area contributed by atoms with E-state index in [4.69, 9.17) is 9.26 Å². The first-order chi connectivity index (χ1) is 9.28. The number of hydrogen-bond acceptors (Lipinski definition) is 5. The van der Waals surface area contributed by atoms with Crippen LogP contribution in [0.15, 0.2) is 9.52 Å². The van der Waals surface area contributed by atoms with Crippen molar-refractivity contribution in [2.45, 2.75) is 19.8 Å². The third-order valence-electron chi connectivity index (χ3n) is 3.01. The highest BCUT2D eigenvalue weighted by Gasteiger charge is 2.15. The van der Waals surface area contributed by atoms with E-state index in [-0.39, 0.29) is 0 Å².